The molecule has 0 fully saturated rings. The number of methoxy groups -OCH3 is 2. The summed E-state index contributed by atoms with van der Waals surface area (Å²) in [6.45, 7) is 1.60. The number of benzene rings is 1. The molecule has 0 radical (unpaired) electrons. The van der Waals surface area contributed by atoms with E-state index in [0.29, 0.717) is 22.8 Å². The van der Waals surface area contributed by atoms with E-state index in [-0.39, 0.29) is 23.0 Å². The second-order valence-corrected chi connectivity index (χ2v) is 5.80. The summed E-state index contributed by atoms with van der Waals surface area (Å²) < 4.78 is 21.3. The lowest BCUT2D eigenvalue weighted by Crippen LogP contribution is -2.16. The Balaban J connectivity index is 2.07. The summed E-state index contributed by atoms with van der Waals surface area (Å²) in [5.41, 5.74) is 0.591. The van der Waals surface area contributed by atoms with E-state index in [2.05, 4.69) is 0 Å². The van der Waals surface area contributed by atoms with Gasteiger partial charge in [0.2, 0.25) is 0 Å². The standard InChI is InChI=1S/C18H18O7/c1-9(19)4-11-6-14(20)13(8-24-11)17-16-12(18(21)25-17)5-10(22-2)7-15(16)23-3/h5-9,17,19H,4H2,1-3H3. The van der Waals surface area contributed by atoms with Crippen molar-refractivity contribution in [3.05, 3.63) is 57.1 Å². The van der Waals surface area contributed by atoms with E-state index < -0.39 is 18.2 Å². The average Bonchev–Trinajstić information content (AvgIpc) is 2.90. The molecule has 3 rings (SSSR count). The molecule has 2 heterocycles. The van der Waals surface area contributed by atoms with Crippen LogP contribution in [0.25, 0.3) is 0 Å². The molecule has 2 atom stereocenters. The largest absolute Gasteiger partial charge is 0.497 e. The lowest BCUT2D eigenvalue weighted by Gasteiger charge is -2.14. The molecule has 1 aliphatic heterocycles. The highest BCUT2D eigenvalue weighted by Gasteiger charge is 2.37. The van der Waals surface area contributed by atoms with E-state index in [1.54, 1.807) is 19.1 Å². The van der Waals surface area contributed by atoms with Gasteiger partial charge in [0.1, 0.15) is 23.5 Å². The number of rotatable bonds is 5. The zero-order valence-corrected chi connectivity index (χ0v) is 14.1. The van der Waals surface area contributed by atoms with Crippen molar-refractivity contribution in [2.24, 2.45) is 0 Å². The molecule has 2 unspecified atom stereocenters. The molecule has 1 N–H and O–H groups in total. The first-order valence-electron chi connectivity index (χ1n) is 7.71. The molecule has 0 aliphatic carbocycles. The summed E-state index contributed by atoms with van der Waals surface area (Å²) in [6, 6.07) is 4.46. The minimum Gasteiger partial charge on any atom is -0.497 e. The molecule has 7 heteroatoms. The van der Waals surface area contributed by atoms with Crippen LogP contribution in [0.4, 0.5) is 0 Å². The van der Waals surface area contributed by atoms with E-state index in [4.69, 9.17) is 18.6 Å². The van der Waals surface area contributed by atoms with Gasteiger partial charge in [-0.15, -0.1) is 0 Å². The van der Waals surface area contributed by atoms with Crippen molar-refractivity contribution in [2.45, 2.75) is 25.6 Å². The van der Waals surface area contributed by atoms with Gasteiger partial charge in [0.25, 0.3) is 0 Å². The van der Waals surface area contributed by atoms with E-state index >= 15 is 0 Å². The van der Waals surface area contributed by atoms with E-state index in [0.717, 1.165) is 0 Å². The summed E-state index contributed by atoms with van der Waals surface area (Å²) in [7, 11) is 2.94. The van der Waals surface area contributed by atoms with Crippen molar-refractivity contribution in [3.8, 4) is 11.5 Å². The molecular weight excluding hydrogens is 328 g/mol. The Morgan fingerprint density at radius 1 is 1.20 bits per heavy atom. The number of ether oxygens (including phenoxy) is 3. The number of carbonyl (C=O) groups excluding carboxylic acids is 1. The maximum atomic E-state index is 12.4. The lowest BCUT2D eigenvalue weighted by atomic mass is 9.98. The Kier molecular flexibility index (Phi) is 4.50. The zero-order chi connectivity index (χ0) is 18.1. The first-order valence-corrected chi connectivity index (χ1v) is 7.71. The second kappa shape index (κ2) is 6.60. The maximum absolute atomic E-state index is 12.4. The van der Waals surface area contributed by atoms with Crippen molar-refractivity contribution in [1.29, 1.82) is 0 Å². The van der Waals surface area contributed by atoms with Crippen molar-refractivity contribution in [1.82, 2.24) is 0 Å². The van der Waals surface area contributed by atoms with Crippen molar-refractivity contribution < 1.29 is 28.5 Å². The molecule has 0 spiro atoms. The first kappa shape index (κ1) is 17.0. The van der Waals surface area contributed by atoms with Gasteiger partial charge in [0.05, 0.1) is 37.0 Å². The van der Waals surface area contributed by atoms with Gasteiger partial charge in [-0.1, -0.05) is 0 Å². The number of aliphatic hydroxyl groups excluding tert-OH is 1. The smallest absolute Gasteiger partial charge is 0.339 e. The van der Waals surface area contributed by atoms with Crippen LogP contribution >= 0.6 is 0 Å². The van der Waals surface area contributed by atoms with Gasteiger partial charge in [0.15, 0.2) is 11.5 Å². The number of fused-ring (bicyclic) bond motifs is 1. The van der Waals surface area contributed by atoms with Crippen LogP contribution in [0.1, 0.15) is 40.3 Å². The van der Waals surface area contributed by atoms with Crippen LogP contribution in [0, 0.1) is 0 Å². The van der Waals surface area contributed by atoms with Crippen molar-refractivity contribution >= 4 is 5.97 Å². The second-order valence-electron chi connectivity index (χ2n) is 5.80. The fourth-order valence-electron chi connectivity index (χ4n) is 2.83. The topological polar surface area (TPSA) is 95.2 Å². The van der Waals surface area contributed by atoms with E-state index in [9.17, 15) is 14.7 Å². The normalized spacial score (nSPS) is 17.0. The number of aliphatic hydroxyl groups is 1. The fourth-order valence-corrected chi connectivity index (χ4v) is 2.83. The SMILES string of the molecule is COc1cc(OC)c2c(c1)C(=O)OC2c1coc(CC(C)O)cc1=O. The molecule has 132 valence electrons. The van der Waals surface area contributed by atoms with Crippen LogP contribution in [-0.2, 0) is 11.2 Å². The highest BCUT2D eigenvalue weighted by Crippen LogP contribution is 2.42. The third-order valence-electron chi connectivity index (χ3n) is 3.97. The Morgan fingerprint density at radius 2 is 1.96 bits per heavy atom. The number of esters is 1. The first-order chi connectivity index (χ1) is 11.9. The molecule has 1 aliphatic rings. The van der Waals surface area contributed by atoms with Crippen LogP contribution < -0.4 is 14.9 Å². The molecule has 2 aromatic rings. The molecule has 0 amide bonds. The minimum atomic E-state index is -0.916. The van der Waals surface area contributed by atoms with Crippen LogP contribution in [0.5, 0.6) is 11.5 Å². The predicted octanol–water partition coefficient (Wildman–Crippen LogP) is 1.84. The third-order valence-corrected chi connectivity index (χ3v) is 3.97. The third kappa shape index (κ3) is 3.10. The van der Waals surface area contributed by atoms with Crippen LogP contribution in [0.2, 0.25) is 0 Å². The van der Waals surface area contributed by atoms with Gasteiger partial charge in [-0.2, -0.15) is 0 Å². The quantitative estimate of drug-likeness (QED) is 0.825. The Bertz CT molecular complexity index is 866. The Morgan fingerprint density at radius 3 is 2.56 bits per heavy atom. The maximum Gasteiger partial charge on any atom is 0.339 e. The zero-order valence-electron chi connectivity index (χ0n) is 14.1. The van der Waals surface area contributed by atoms with Gasteiger partial charge < -0.3 is 23.7 Å². The van der Waals surface area contributed by atoms with Gasteiger partial charge in [-0.25, -0.2) is 4.79 Å². The van der Waals surface area contributed by atoms with Gasteiger partial charge in [-0.3, -0.25) is 4.79 Å². The van der Waals surface area contributed by atoms with Gasteiger partial charge >= 0.3 is 5.97 Å². The fraction of sp³-hybridized carbons (Fsp3) is 0.333. The Hall–Kier alpha value is -2.80. The minimum absolute atomic E-state index is 0.185. The highest BCUT2D eigenvalue weighted by atomic mass is 16.6. The molecule has 0 saturated heterocycles. The van der Waals surface area contributed by atoms with Gasteiger partial charge in [-0.05, 0) is 13.0 Å². The van der Waals surface area contributed by atoms with Crippen LogP contribution in [0.15, 0.2) is 33.7 Å². The summed E-state index contributed by atoms with van der Waals surface area (Å²) >= 11 is 0. The summed E-state index contributed by atoms with van der Waals surface area (Å²) in [5.74, 6) is 0.629. The monoisotopic (exact) mass is 346 g/mol. The summed E-state index contributed by atoms with van der Waals surface area (Å²) in [5, 5.41) is 9.40. The number of carbonyl (C=O) groups is 1. The molecular formula is C18H18O7. The van der Waals surface area contributed by atoms with Gasteiger partial charge in [0, 0.05) is 18.6 Å². The van der Waals surface area contributed by atoms with E-state index in [1.165, 1.54) is 26.5 Å². The molecule has 25 heavy (non-hydrogen) atoms. The number of cyclic esters (lactones) is 1. The number of hydrogen-bond acceptors (Lipinski definition) is 7. The molecule has 0 saturated carbocycles. The van der Waals surface area contributed by atoms with Crippen molar-refractivity contribution in [2.75, 3.05) is 14.2 Å². The Labute approximate surface area is 143 Å². The summed E-state index contributed by atoms with van der Waals surface area (Å²) in [4.78, 5) is 24.7. The predicted molar refractivity (Wildman–Crippen MR) is 87.2 cm³/mol. The summed E-state index contributed by atoms with van der Waals surface area (Å²) in [6.07, 6.45) is -0.0693. The molecule has 1 aromatic carbocycles. The van der Waals surface area contributed by atoms with E-state index in [1.807, 2.05) is 0 Å². The lowest BCUT2D eigenvalue weighted by molar-refractivity contribution is 0.0450. The highest BCUT2D eigenvalue weighted by molar-refractivity contribution is 5.96. The van der Waals surface area contributed by atoms with Crippen LogP contribution in [-0.4, -0.2) is 31.4 Å². The van der Waals surface area contributed by atoms with Crippen LogP contribution in [0.3, 0.4) is 0 Å². The molecule has 1 aromatic heterocycles. The molecule has 0 bridgehead atoms. The van der Waals surface area contributed by atoms with Crippen molar-refractivity contribution in [3.63, 3.8) is 0 Å². The average molecular weight is 346 g/mol. The molecule has 7 nitrogen and oxygen atoms in total. The number of hydrogen-bond donors (Lipinski definition) is 1.